The molecule has 0 aliphatic rings. The standard InChI is InChI=1S/C10H12FNO2/c1-6(2)12-7(3)9(11)4-8(5-13)10(12)14/h4-6H,1-3H3. The fraction of sp³-hybridized carbons (Fsp3) is 0.400. The van der Waals surface area contributed by atoms with Crippen molar-refractivity contribution >= 4 is 6.29 Å². The van der Waals surface area contributed by atoms with Crippen LogP contribution in [0.25, 0.3) is 0 Å². The molecule has 14 heavy (non-hydrogen) atoms. The second kappa shape index (κ2) is 3.74. The fourth-order valence-corrected chi connectivity index (χ4v) is 1.42. The lowest BCUT2D eigenvalue weighted by Gasteiger charge is -2.14. The van der Waals surface area contributed by atoms with E-state index >= 15 is 0 Å². The zero-order valence-corrected chi connectivity index (χ0v) is 8.37. The molecule has 0 spiro atoms. The number of rotatable bonds is 2. The number of aromatic nitrogens is 1. The van der Waals surface area contributed by atoms with Crippen molar-refractivity contribution in [3.05, 3.63) is 33.5 Å². The highest BCUT2D eigenvalue weighted by Crippen LogP contribution is 2.10. The Morgan fingerprint density at radius 3 is 2.50 bits per heavy atom. The second-order valence-electron chi connectivity index (χ2n) is 3.42. The molecule has 0 saturated carbocycles. The maximum atomic E-state index is 13.2. The molecule has 4 heteroatoms. The van der Waals surface area contributed by atoms with Gasteiger partial charge in [0.05, 0.1) is 11.3 Å². The Kier molecular flexibility index (Phi) is 2.84. The maximum Gasteiger partial charge on any atom is 0.261 e. The quantitative estimate of drug-likeness (QED) is 0.677. The Balaban J connectivity index is 3.61. The van der Waals surface area contributed by atoms with Gasteiger partial charge in [0, 0.05) is 6.04 Å². The van der Waals surface area contributed by atoms with E-state index in [9.17, 15) is 14.0 Å². The Morgan fingerprint density at radius 2 is 2.07 bits per heavy atom. The number of pyridine rings is 1. The van der Waals surface area contributed by atoms with Crippen LogP contribution in [0, 0.1) is 12.7 Å². The van der Waals surface area contributed by atoms with E-state index in [4.69, 9.17) is 0 Å². The van der Waals surface area contributed by atoms with E-state index in [1.165, 1.54) is 11.5 Å². The van der Waals surface area contributed by atoms with Crippen LogP contribution in [0.2, 0.25) is 0 Å². The van der Waals surface area contributed by atoms with Crippen molar-refractivity contribution in [3.8, 4) is 0 Å². The maximum absolute atomic E-state index is 13.2. The first-order chi connectivity index (χ1) is 6.49. The van der Waals surface area contributed by atoms with E-state index in [0.717, 1.165) is 6.07 Å². The highest BCUT2D eigenvalue weighted by molar-refractivity contribution is 5.74. The molecule has 0 atom stereocenters. The number of aldehydes is 1. The Bertz CT molecular complexity index is 421. The Labute approximate surface area is 81.2 Å². The van der Waals surface area contributed by atoms with Crippen LogP contribution < -0.4 is 5.56 Å². The monoisotopic (exact) mass is 197 g/mol. The summed E-state index contributed by atoms with van der Waals surface area (Å²) in [6.45, 7) is 5.05. The molecule has 0 amide bonds. The average Bonchev–Trinajstić information content (AvgIpc) is 2.11. The molecule has 1 rings (SSSR count). The van der Waals surface area contributed by atoms with E-state index in [1.54, 1.807) is 13.8 Å². The van der Waals surface area contributed by atoms with Gasteiger partial charge in [-0.3, -0.25) is 9.59 Å². The molecule has 0 aliphatic carbocycles. The predicted octanol–water partition coefficient (Wildman–Crippen LogP) is 1.69. The molecular formula is C10H12FNO2. The average molecular weight is 197 g/mol. The molecule has 1 aromatic rings. The predicted molar refractivity (Wildman–Crippen MR) is 51.2 cm³/mol. The minimum atomic E-state index is -0.527. The summed E-state index contributed by atoms with van der Waals surface area (Å²) in [4.78, 5) is 22.1. The summed E-state index contributed by atoms with van der Waals surface area (Å²) >= 11 is 0. The first kappa shape index (κ1) is 10.6. The first-order valence-electron chi connectivity index (χ1n) is 4.35. The number of carbonyl (C=O) groups is 1. The Hall–Kier alpha value is -1.45. The van der Waals surface area contributed by atoms with Crippen LogP contribution in [0.15, 0.2) is 10.9 Å². The molecule has 0 fully saturated rings. The highest BCUT2D eigenvalue weighted by atomic mass is 19.1. The summed E-state index contributed by atoms with van der Waals surface area (Å²) in [7, 11) is 0. The minimum Gasteiger partial charge on any atom is -0.307 e. The molecule has 76 valence electrons. The van der Waals surface area contributed by atoms with Crippen LogP contribution in [0.1, 0.15) is 35.9 Å². The largest absolute Gasteiger partial charge is 0.307 e. The van der Waals surface area contributed by atoms with Crippen molar-refractivity contribution in [3.63, 3.8) is 0 Å². The summed E-state index contributed by atoms with van der Waals surface area (Å²) in [5, 5.41) is 0. The van der Waals surface area contributed by atoms with Crippen LogP contribution in [-0.2, 0) is 0 Å². The van der Waals surface area contributed by atoms with Crippen molar-refractivity contribution < 1.29 is 9.18 Å². The Morgan fingerprint density at radius 1 is 1.50 bits per heavy atom. The lowest BCUT2D eigenvalue weighted by atomic mass is 10.2. The molecule has 3 nitrogen and oxygen atoms in total. The summed E-state index contributed by atoms with van der Waals surface area (Å²) in [5.74, 6) is -0.527. The first-order valence-corrected chi connectivity index (χ1v) is 4.35. The second-order valence-corrected chi connectivity index (χ2v) is 3.42. The van der Waals surface area contributed by atoms with Gasteiger partial charge < -0.3 is 4.57 Å². The molecule has 0 radical (unpaired) electrons. The topological polar surface area (TPSA) is 39.1 Å². The third-order valence-electron chi connectivity index (χ3n) is 2.10. The zero-order chi connectivity index (χ0) is 10.9. The molecule has 1 heterocycles. The van der Waals surface area contributed by atoms with Gasteiger partial charge in [-0.15, -0.1) is 0 Å². The third kappa shape index (κ3) is 1.60. The number of halogens is 1. The van der Waals surface area contributed by atoms with Gasteiger partial charge in [-0.1, -0.05) is 0 Å². The molecule has 0 N–H and O–H groups in total. The van der Waals surface area contributed by atoms with Crippen molar-refractivity contribution in [2.24, 2.45) is 0 Å². The smallest absolute Gasteiger partial charge is 0.261 e. The summed E-state index contributed by atoms with van der Waals surface area (Å²) < 4.78 is 14.5. The van der Waals surface area contributed by atoms with Gasteiger partial charge >= 0.3 is 0 Å². The van der Waals surface area contributed by atoms with Crippen molar-refractivity contribution in [2.45, 2.75) is 26.8 Å². The lowest BCUT2D eigenvalue weighted by Crippen LogP contribution is -2.28. The van der Waals surface area contributed by atoms with E-state index in [-0.39, 0.29) is 17.3 Å². The van der Waals surface area contributed by atoms with Crippen LogP contribution in [0.5, 0.6) is 0 Å². The molecule has 0 unspecified atom stereocenters. The van der Waals surface area contributed by atoms with E-state index in [0.29, 0.717) is 6.29 Å². The molecule has 0 saturated heterocycles. The van der Waals surface area contributed by atoms with Crippen LogP contribution in [-0.4, -0.2) is 10.9 Å². The summed E-state index contributed by atoms with van der Waals surface area (Å²) in [6, 6.07) is 0.820. The zero-order valence-electron chi connectivity index (χ0n) is 8.37. The van der Waals surface area contributed by atoms with E-state index in [2.05, 4.69) is 0 Å². The van der Waals surface area contributed by atoms with Gasteiger partial charge in [0.1, 0.15) is 5.82 Å². The minimum absolute atomic E-state index is 0.137. The number of nitrogens with zero attached hydrogens (tertiary/aromatic N) is 1. The van der Waals surface area contributed by atoms with Gasteiger partial charge in [0.2, 0.25) is 0 Å². The normalized spacial score (nSPS) is 10.6. The number of hydrogen-bond acceptors (Lipinski definition) is 2. The number of hydrogen-bond donors (Lipinski definition) is 0. The van der Waals surface area contributed by atoms with Crippen LogP contribution >= 0.6 is 0 Å². The van der Waals surface area contributed by atoms with Gasteiger partial charge in [-0.25, -0.2) is 4.39 Å². The molecular weight excluding hydrogens is 185 g/mol. The van der Waals surface area contributed by atoms with Gasteiger partial charge in [-0.05, 0) is 26.8 Å². The van der Waals surface area contributed by atoms with Crippen LogP contribution in [0.3, 0.4) is 0 Å². The molecule has 0 bridgehead atoms. The van der Waals surface area contributed by atoms with Gasteiger partial charge in [-0.2, -0.15) is 0 Å². The van der Waals surface area contributed by atoms with Crippen LogP contribution in [0.4, 0.5) is 4.39 Å². The summed E-state index contributed by atoms with van der Waals surface area (Å²) in [6.07, 6.45) is 0.379. The van der Waals surface area contributed by atoms with E-state index < -0.39 is 11.4 Å². The third-order valence-corrected chi connectivity index (χ3v) is 2.10. The SMILES string of the molecule is Cc1c(F)cc(C=O)c(=O)n1C(C)C. The van der Waals surface area contributed by atoms with Gasteiger partial charge in [0.15, 0.2) is 6.29 Å². The van der Waals surface area contributed by atoms with Crippen molar-refractivity contribution in [1.29, 1.82) is 0 Å². The van der Waals surface area contributed by atoms with Crippen molar-refractivity contribution in [1.82, 2.24) is 4.57 Å². The van der Waals surface area contributed by atoms with Crippen molar-refractivity contribution in [2.75, 3.05) is 0 Å². The summed E-state index contributed by atoms with van der Waals surface area (Å²) in [5.41, 5.74) is -0.314. The van der Waals surface area contributed by atoms with Gasteiger partial charge in [0.25, 0.3) is 5.56 Å². The number of carbonyl (C=O) groups excluding carboxylic acids is 1. The fourth-order valence-electron chi connectivity index (χ4n) is 1.42. The molecule has 0 aromatic carbocycles. The highest BCUT2D eigenvalue weighted by Gasteiger charge is 2.12. The lowest BCUT2D eigenvalue weighted by molar-refractivity contribution is 0.112. The molecule has 1 aromatic heterocycles. The van der Waals surface area contributed by atoms with E-state index in [1.807, 2.05) is 0 Å². The molecule has 0 aliphatic heterocycles.